The maximum absolute atomic E-state index is 11.6. The van der Waals surface area contributed by atoms with E-state index in [0.717, 1.165) is 19.8 Å². The highest BCUT2D eigenvalue weighted by atomic mass is 19.1. The highest BCUT2D eigenvalue weighted by molar-refractivity contribution is 4.82. The van der Waals surface area contributed by atoms with Gasteiger partial charge >= 0.3 is 0 Å². The summed E-state index contributed by atoms with van der Waals surface area (Å²) in [4.78, 5) is 0. The maximum atomic E-state index is 11.6. The van der Waals surface area contributed by atoms with Crippen LogP contribution in [0.3, 0.4) is 0 Å². The van der Waals surface area contributed by atoms with Crippen molar-refractivity contribution in [1.29, 1.82) is 0 Å². The predicted octanol–water partition coefficient (Wildman–Crippen LogP) is 0.582. The fourth-order valence-corrected chi connectivity index (χ4v) is 1.01. The van der Waals surface area contributed by atoms with Crippen LogP contribution in [0.15, 0.2) is 0 Å². The van der Waals surface area contributed by atoms with E-state index in [-0.39, 0.29) is 12.1 Å². The topological polar surface area (TPSA) is 21.3 Å². The smallest absolute Gasteiger partial charge is 0.102 e. The third-order valence-corrected chi connectivity index (χ3v) is 1.72. The first-order chi connectivity index (χ1) is 4.77. The molecule has 1 N–H and O–H groups in total. The molecule has 0 spiro atoms. The van der Waals surface area contributed by atoms with Crippen LogP contribution in [0, 0.1) is 5.41 Å². The number of alkyl halides is 1. The fourth-order valence-electron chi connectivity index (χ4n) is 1.01. The highest BCUT2D eigenvalue weighted by Crippen LogP contribution is 2.24. The van der Waals surface area contributed by atoms with Crippen LogP contribution in [0.1, 0.15) is 6.92 Å². The van der Waals surface area contributed by atoms with Crippen molar-refractivity contribution in [3.63, 3.8) is 0 Å². The van der Waals surface area contributed by atoms with Crippen molar-refractivity contribution in [2.75, 3.05) is 33.0 Å². The molecule has 0 aliphatic carbocycles. The third-order valence-electron chi connectivity index (χ3n) is 1.72. The number of hydrogen-bond donors (Lipinski definition) is 1. The van der Waals surface area contributed by atoms with Crippen molar-refractivity contribution in [2.45, 2.75) is 6.92 Å². The number of hydrogen-bond acceptors (Lipinski definition) is 2. The molecule has 1 rings (SSSR count). The van der Waals surface area contributed by atoms with Gasteiger partial charge in [-0.05, 0) is 0 Å². The molecule has 2 nitrogen and oxygen atoms in total. The summed E-state index contributed by atoms with van der Waals surface area (Å²) in [5.41, 5.74) is 0.273. The predicted molar refractivity (Wildman–Crippen MR) is 37.8 cm³/mol. The average Bonchev–Trinajstić information content (AvgIpc) is 1.85. The van der Waals surface area contributed by atoms with Gasteiger partial charge in [0.1, 0.15) is 6.67 Å². The molecule has 0 atom stereocenters. The minimum atomic E-state index is -0.281. The van der Waals surface area contributed by atoms with Gasteiger partial charge in [0.15, 0.2) is 0 Å². The molecule has 0 amide bonds. The first-order valence-corrected chi connectivity index (χ1v) is 3.61. The Labute approximate surface area is 60.8 Å². The van der Waals surface area contributed by atoms with E-state index in [2.05, 4.69) is 12.2 Å². The largest absolute Gasteiger partial charge is 0.380 e. The molecule has 1 aliphatic heterocycles. The summed E-state index contributed by atoms with van der Waals surface area (Å²) in [5.74, 6) is 0. The van der Waals surface area contributed by atoms with Crippen molar-refractivity contribution in [3.8, 4) is 0 Å². The van der Waals surface area contributed by atoms with Crippen LogP contribution in [0.4, 0.5) is 4.39 Å². The molecule has 0 saturated carbocycles. The Morgan fingerprint density at radius 3 is 2.70 bits per heavy atom. The standard InChI is InChI=1S/C7H14FNO/c1-7(5-10-6-7)4-9-3-2-8/h9H,2-6H2,1H3. The van der Waals surface area contributed by atoms with E-state index < -0.39 is 0 Å². The molecule has 1 saturated heterocycles. The summed E-state index contributed by atoms with van der Waals surface area (Å²) in [7, 11) is 0. The SMILES string of the molecule is CC1(CNCCF)COC1. The van der Waals surface area contributed by atoms with Crippen molar-refractivity contribution < 1.29 is 9.13 Å². The van der Waals surface area contributed by atoms with Gasteiger partial charge in [-0.1, -0.05) is 6.92 Å². The Bertz CT molecular complexity index is 104. The number of rotatable bonds is 4. The lowest BCUT2D eigenvalue weighted by molar-refractivity contribution is -0.0989. The minimum absolute atomic E-state index is 0.273. The van der Waals surface area contributed by atoms with Crippen LogP contribution >= 0.6 is 0 Å². The molecule has 0 aromatic rings. The van der Waals surface area contributed by atoms with Crippen LogP contribution in [-0.2, 0) is 4.74 Å². The third kappa shape index (κ3) is 1.92. The number of ether oxygens (including phenoxy) is 1. The molecule has 0 aromatic carbocycles. The monoisotopic (exact) mass is 147 g/mol. The lowest BCUT2D eigenvalue weighted by Gasteiger charge is -2.38. The molecule has 3 heteroatoms. The van der Waals surface area contributed by atoms with E-state index in [1.54, 1.807) is 0 Å². The molecule has 0 unspecified atom stereocenters. The molecular formula is C7H14FNO. The van der Waals surface area contributed by atoms with Crippen LogP contribution in [0.5, 0.6) is 0 Å². The summed E-state index contributed by atoms with van der Waals surface area (Å²) in [6.07, 6.45) is 0. The second-order valence-electron chi connectivity index (χ2n) is 3.17. The highest BCUT2D eigenvalue weighted by Gasteiger charge is 2.32. The zero-order chi connectivity index (χ0) is 7.45. The minimum Gasteiger partial charge on any atom is -0.380 e. The van der Waals surface area contributed by atoms with Gasteiger partial charge in [-0.15, -0.1) is 0 Å². The summed E-state index contributed by atoms with van der Waals surface area (Å²) < 4.78 is 16.6. The van der Waals surface area contributed by atoms with Gasteiger partial charge in [0.2, 0.25) is 0 Å². The first-order valence-electron chi connectivity index (χ1n) is 3.61. The zero-order valence-corrected chi connectivity index (χ0v) is 6.32. The Balaban J connectivity index is 2.01. The number of halogens is 1. The van der Waals surface area contributed by atoms with Gasteiger partial charge in [0.25, 0.3) is 0 Å². The van der Waals surface area contributed by atoms with Crippen molar-refractivity contribution >= 4 is 0 Å². The van der Waals surface area contributed by atoms with E-state index >= 15 is 0 Å². The molecule has 1 fully saturated rings. The quantitative estimate of drug-likeness (QED) is 0.587. The van der Waals surface area contributed by atoms with E-state index in [1.807, 2.05) is 0 Å². The maximum Gasteiger partial charge on any atom is 0.102 e. The van der Waals surface area contributed by atoms with Crippen molar-refractivity contribution in [1.82, 2.24) is 5.32 Å². The summed E-state index contributed by atoms with van der Waals surface area (Å²) >= 11 is 0. The summed E-state index contributed by atoms with van der Waals surface area (Å²) in [6.45, 7) is 4.82. The lowest BCUT2D eigenvalue weighted by Crippen LogP contribution is -2.47. The average molecular weight is 147 g/mol. The number of nitrogens with one attached hydrogen (secondary N) is 1. The van der Waals surface area contributed by atoms with Gasteiger partial charge in [-0.2, -0.15) is 0 Å². The van der Waals surface area contributed by atoms with Crippen LogP contribution < -0.4 is 5.32 Å². The first kappa shape index (κ1) is 7.95. The Morgan fingerprint density at radius 2 is 2.30 bits per heavy atom. The molecule has 60 valence electrons. The van der Waals surface area contributed by atoms with Crippen LogP contribution in [0.25, 0.3) is 0 Å². The van der Waals surface area contributed by atoms with Crippen molar-refractivity contribution in [2.24, 2.45) is 5.41 Å². The van der Waals surface area contributed by atoms with E-state index in [9.17, 15) is 4.39 Å². The molecule has 0 aromatic heterocycles. The van der Waals surface area contributed by atoms with Gasteiger partial charge in [0, 0.05) is 18.5 Å². The van der Waals surface area contributed by atoms with Crippen LogP contribution in [0.2, 0.25) is 0 Å². The second kappa shape index (κ2) is 3.30. The molecule has 10 heavy (non-hydrogen) atoms. The van der Waals surface area contributed by atoms with Gasteiger partial charge < -0.3 is 10.1 Å². The van der Waals surface area contributed by atoms with E-state index in [4.69, 9.17) is 4.74 Å². The van der Waals surface area contributed by atoms with E-state index in [1.165, 1.54) is 0 Å². The molecule has 1 aliphatic rings. The molecule has 0 radical (unpaired) electrons. The fraction of sp³-hybridized carbons (Fsp3) is 1.00. The normalized spacial score (nSPS) is 22.2. The molecule has 1 heterocycles. The lowest BCUT2D eigenvalue weighted by atomic mass is 9.89. The van der Waals surface area contributed by atoms with Crippen molar-refractivity contribution in [3.05, 3.63) is 0 Å². The Morgan fingerprint density at radius 1 is 1.60 bits per heavy atom. The molecular weight excluding hydrogens is 133 g/mol. The van der Waals surface area contributed by atoms with E-state index in [0.29, 0.717) is 6.54 Å². The Kier molecular flexibility index (Phi) is 2.63. The molecule has 0 bridgehead atoms. The van der Waals surface area contributed by atoms with Gasteiger partial charge in [0.05, 0.1) is 13.2 Å². The summed E-state index contributed by atoms with van der Waals surface area (Å²) in [5, 5.41) is 3.02. The van der Waals surface area contributed by atoms with Crippen LogP contribution in [-0.4, -0.2) is 33.0 Å². The second-order valence-corrected chi connectivity index (χ2v) is 3.17. The zero-order valence-electron chi connectivity index (χ0n) is 6.32. The Hall–Kier alpha value is -0.150. The van der Waals surface area contributed by atoms with Gasteiger partial charge in [-0.25, -0.2) is 4.39 Å². The summed E-state index contributed by atoms with van der Waals surface area (Å²) in [6, 6.07) is 0. The van der Waals surface area contributed by atoms with Gasteiger partial charge in [-0.3, -0.25) is 0 Å².